The topological polar surface area (TPSA) is 174 Å². The second-order valence-corrected chi connectivity index (χ2v) is 19.0. The van der Waals surface area contributed by atoms with Crippen molar-refractivity contribution in [1.29, 1.82) is 0 Å². The van der Waals surface area contributed by atoms with E-state index in [1.807, 2.05) is 92.6 Å². The maximum Gasteiger partial charge on any atom is 0.315 e. The lowest BCUT2D eigenvalue weighted by molar-refractivity contribution is -0.145. The lowest BCUT2D eigenvalue weighted by atomic mass is 9.85. The molecule has 1 aliphatic carbocycles. The van der Waals surface area contributed by atoms with Gasteiger partial charge in [0.1, 0.15) is 12.1 Å². The smallest absolute Gasteiger partial charge is 0.315 e. The van der Waals surface area contributed by atoms with E-state index in [0.29, 0.717) is 13.0 Å². The van der Waals surface area contributed by atoms with Gasteiger partial charge in [0.2, 0.25) is 27.6 Å². The standard InChI is InChI=1S/C38H60N6O7S/c1-12-17-26(30(45)33(47)39-20-13-2)40-32(46)29-28-25(38(28,9)10)22-44(29)34(48)31(37(6,7)8)42-35(49)41-27(36(3,4)5)23-43(52(11,50)51)21-24-18-15-14-16-19-24/h13-16,18-19,25-29,31H,2,12,17,20-23H2,1,3-11H3,(H,39,47)(H,40,46)(H2,41,42,49)/t25-,26?,27+,28-,29-,31+/m0/s1. The number of carbonyl (C=O) groups is 5. The summed E-state index contributed by atoms with van der Waals surface area (Å²) in [6.45, 7) is 21.1. The molecule has 1 saturated heterocycles. The number of Topliss-reactive ketones (excluding diaryl/α,β-unsaturated/α-hetero) is 1. The highest BCUT2D eigenvalue weighted by atomic mass is 32.2. The number of piperidine rings is 1. The van der Waals surface area contributed by atoms with E-state index >= 15 is 0 Å². The summed E-state index contributed by atoms with van der Waals surface area (Å²) in [6.07, 6.45) is 3.37. The van der Waals surface area contributed by atoms with Gasteiger partial charge in [-0.25, -0.2) is 13.2 Å². The summed E-state index contributed by atoms with van der Waals surface area (Å²) in [5.74, 6) is -2.68. The zero-order valence-corrected chi connectivity index (χ0v) is 33.4. The Morgan fingerprint density at radius 1 is 1.00 bits per heavy atom. The molecule has 2 fully saturated rings. The lowest BCUT2D eigenvalue weighted by Crippen LogP contribution is -2.62. The van der Waals surface area contributed by atoms with Crippen LogP contribution in [0.15, 0.2) is 43.0 Å². The van der Waals surface area contributed by atoms with Crippen LogP contribution < -0.4 is 21.3 Å². The van der Waals surface area contributed by atoms with Crippen molar-refractivity contribution >= 4 is 39.6 Å². The number of nitrogens with one attached hydrogen (secondary N) is 4. The molecule has 1 heterocycles. The molecule has 0 aromatic heterocycles. The van der Waals surface area contributed by atoms with Gasteiger partial charge in [0, 0.05) is 32.2 Å². The molecule has 2 aliphatic rings. The highest BCUT2D eigenvalue weighted by Crippen LogP contribution is 2.65. The summed E-state index contributed by atoms with van der Waals surface area (Å²) < 4.78 is 27.1. The van der Waals surface area contributed by atoms with Gasteiger partial charge < -0.3 is 26.2 Å². The molecule has 0 bridgehead atoms. The fraction of sp³-hybridized carbons (Fsp3) is 0.658. The second-order valence-electron chi connectivity index (χ2n) is 17.0. The summed E-state index contributed by atoms with van der Waals surface area (Å²) in [7, 11) is -3.66. The molecular formula is C38H60N6O7S. The average Bonchev–Trinajstić information content (AvgIpc) is 3.34. The van der Waals surface area contributed by atoms with Crippen molar-refractivity contribution in [2.24, 2.45) is 28.1 Å². The minimum Gasteiger partial charge on any atom is -0.346 e. The van der Waals surface area contributed by atoms with Gasteiger partial charge in [-0.1, -0.05) is 105 Å². The predicted octanol–water partition coefficient (Wildman–Crippen LogP) is 3.22. The van der Waals surface area contributed by atoms with Gasteiger partial charge in [-0.2, -0.15) is 4.31 Å². The van der Waals surface area contributed by atoms with Gasteiger partial charge in [-0.05, 0) is 40.1 Å². The molecule has 1 saturated carbocycles. The number of likely N-dealkylation sites (tertiary alicyclic amines) is 1. The molecule has 0 spiro atoms. The predicted molar refractivity (Wildman–Crippen MR) is 201 cm³/mol. The van der Waals surface area contributed by atoms with Crippen LogP contribution in [0.25, 0.3) is 0 Å². The fourth-order valence-electron chi connectivity index (χ4n) is 7.03. The highest BCUT2D eigenvalue weighted by Gasteiger charge is 2.70. The fourth-order valence-corrected chi connectivity index (χ4v) is 7.83. The van der Waals surface area contributed by atoms with Crippen molar-refractivity contribution in [1.82, 2.24) is 30.5 Å². The third-order valence-electron chi connectivity index (χ3n) is 10.4. The highest BCUT2D eigenvalue weighted by molar-refractivity contribution is 7.88. The molecule has 5 amide bonds. The Morgan fingerprint density at radius 2 is 1.62 bits per heavy atom. The monoisotopic (exact) mass is 744 g/mol. The van der Waals surface area contributed by atoms with Crippen molar-refractivity contribution in [2.45, 2.75) is 106 Å². The number of benzene rings is 1. The summed E-state index contributed by atoms with van der Waals surface area (Å²) in [5.41, 5.74) is -0.781. The van der Waals surface area contributed by atoms with E-state index < -0.39 is 74.6 Å². The minimum absolute atomic E-state index is 0.00511. The Hall–Kier alpha value is -3.78. The molecule has 4 N–H and O–H groups in total. The SMILES string of the molecule is C=CCNC(=O)C(=O)C(CCC)NC(=O)[C@@H]1[C@@H]2[C@H](CN1C(=O)[C@@H](NC(=O)N[C@H](CN(Cc1ccccc1)S(C)(=O)=O)C(C)(C)C)C(C)(C)C)C2(C)C. The number of urea groups is 1. The molecule has 1 aromatic rings. The van der Waals surface area contributed by atoms with Gasteiger partial charge >= 0.3 is 6.03 Å². The molecule has 0 radical (unpaired) electrons. The molecule has 13 nitrogen and oxygen atoms in total. The Balaban J connectivity index is 1.84. The van der Waals surface area contributed by atoms with Gasteiger partial charge in [-0.15, -0.1) is 6.58 Å². The lowest BCUT2D eigenvalue weighted by Gasteiger charge is -2.39. The Morgan fingerprint density at radius 3 is 2.13 bits per heavy atom. The van der Waals surface area contributed by atoms with Crippen LogP contribution in [0.1, 0.15) is 80.7 Å². The van der Waals surface area contributed by atoms with E-state index in [-0.39, 0.29) is 43.3 Å². The number of amides is 5. The number of hydrogen-bond donors (Lipinski definition) is 4. The summed E-state index contributed by atoms with van der Waals surface area (Å²) in [6, 6.07) is 4.87. The Labute approximate surface area is 310 Å². The zero-order valence-electron chi connectivity index (χ0n) is 32.5. The van der Waals surface area contributed by atoms with Crippen LogP contribution in [0, 0.1) is 28.1 Å². The number of sulfonamides is 1. The molecule has 1 aliphatic heterocycles. The van der Waals surface area contributed by atoms with Gasteiger partial charge in [0.25, 0.3) is 5.91 Å². The molecule has 14 heteroatoms. The first-order valence-electron chi connectivity index (χ1n) is 18.0. The minimum atomic E-state index is -3.66. The van der Waals surface area contributed by atoms with Crippen molar-refractivity contribution in [3.05, 3.63) is 48.6 Å². The molecular weight excluding hydrogens is 685 g/mol. The van der Waals surface area contributed by atoms with Crippen LogP contribution in [-0.4, -0.2) is 97.2 Å². The van der Waals surface area contributed by atoms with E-state index in [4.69, 9.17) is 0 Å². The second kappa shape index (κ2) is 16.5. The first-order chi connectivity index (χ1) is 23.9. The molecule has 1 unspecified atom stereocenters. The molecule has 290 valence electrons. The normalized spacial score (nSPS) is 21.3. The first kappa shape index (κ1) is 42.6. The summed E-state index contributed by atoms with van der Waals surface area (Å²) >= 11 is 0. The quantitative estimate of drug-likeness (QED) is 0.149. The van der Waals surface area contributed by atoms with Crippen molar-refractivity contribution in [3.63, 3.8) is 0 Å². The van der Waals surface area contributed by atoms with Crippen molar-refractivity contribution in [3.8, 4) is 0 Å². The summed E-state index contributed by atoms with van der Waals surface area (Å²) in [5, 5.41) is 11.1. The van der Waals surface area contributed by atoms with E-state index in [1.165, 1.54) is 15.3 Å². The van der Waals surface area contributed by atoms with Crippen LogP contribution in [0.3, 0.4) is 0 Å². The van der Waals surface area contributed by atoms with E-state index in [1.54, 1.807) is 0 Å². The van der Waals surface area contributed by atoms with E-state index in [2.05, 4.69) is 27.8 Å². The van der Waals surface area contributed by atoms with E-state index in [0.717, 1.165) is 11.8 Å². The number of carbonyl (C=O) groups excluding carboxylic acids is 5. The maximum atomic E-state index is 14.5. The number of ketones is 1. The average molecular weight is 745 g/mol. The number of fused-ring (bicyclic) bond motifs is 1. The third kappa shape index (κ3) is 10.4. The van der Waals surface area contributed by atoms with Gasteiger partial charge in [0.15, 0.2) is 0 Å². The molecule has 52 heavy (non-hydrogen) atoms. The van der Waals surface area contributed by atoms with Crippen molar-refractivity contribution in [2.75, 3.05) is 25.9 Å². The zero-order chi connectivity index (χ0) is 39.4. The number of nitrogens with zero attached hydrogens (tertiary/aromatic N) is 2. The number of rotatable bonds is 16. The van der Waals surface area contributed by atoms with Gasteiger partial charge in [0.05, 0.1) is 12.3 Å². The first-order valence-corrected chi connectivity index (χ1v) is 19.9. The van der Waals surface area contributed by atoms with Crippen LogP contribution in [0.5, 0.6) is 0 Å². The summed E-state index contributed by atoms with van der Waals surface area (Å²) in [4.78, 5) is 69.3. The van der Waals surface area contributed by atoms with Crippen LogP contribution in [-0.2, 0) is 35.7 Å². The van der Waals surface area contributed by atoms with E-state index in [9.17, 15) is 32.4 Å². The molecule has 1 aromatic carbocycles. The largest absolute Gasteiger partial charge is 0.346 e. The number of hydrogen-bond acceptors (Lipinski definition) is 7. The van der Waals surface area contributed by atoms with Gasteiger partial charge in [-0.3, -0.25) is 19.2 Å². The van der Waals surface area contributed by atoms with Crippen molar-refractivity contribution < 1.29 is 32.4 Å². The molecule has 6 atom stereocenters. The van der Waals surface area contributed by atoms with Crippen LogP contribution in [0.4, 0.5) is 4.79 Å². The van der Waals surface area contributed by atoms with Crippen LogP contribution in [0.2, 0.25) is 0 Å². The van der Waals surface area contributed by atoms with Crippen LogP contribution >= 0.6 is 0 Å². The maximum absolute atomic E-state index is 14.5. The Bertz CT molecular complexity index is 1600. The Kier molecular flexibility index (Phi) is 13.5. The molecule has 3 rings (SSSR count). The third-order valence-corrected chi connectivity index (χ3v) is 11.6.